The number of hydrogen-bond donors (Lipinski definition) is 0. The van der Waals surface area contributed by atoms with Gasteiger partial charge in [-0.3, -0.25) is 14.4 Å². The maximum Gasteiger partial charge on any atom is 0.306 e. The van der Waals surface area contributed by atoms with Crippen molar-refractivity contribution in [3.05, 3.63) is 72.9 Å². The second-order valence-electron chi connectivity index (χ2n) is 15.6. The lowest BCUT2D eigenvalue weighted by molar-refractivity contribution is -0.167. The first kappa shape index (κ1) is 54.9. The SMILES string of the molecule is CC/C=C\C/C=C\C/C=C\CCCCCCCCCC(=O)OCC(COC(=O)CCCCCCCCCCCC)OC(=O)CCCCC/C=C\C/C=C\C/C=C\CC. The van der Waals surface area contributed by atoms with Crippen LogP contribution in [0.5, 0.6) is 0 Å². The van der Waals surface area contributed by atoms with Gasteiger partial charge in [0.15, 0.2) is 6.10 Å². The molecule has 1 atom stereocenters. The fourth-order valence-electron chi connectivity index (χ4n) is 6.41. The average molecular weight is 809 g/mol. The second-order valence-corrected chi connectivity index (χ2v) is 15.6. The fraction of sp³-hybridized carbons (Fsp3) is 0.712. The smallest absolute Gasteiger partial charge is 0.306 e. The molecule has 58 heavy (non-hydrogen) atoms. The molecule has 1 unspecified atom stereocenters. The first-order valence-corrected chi connectivity index (χ1v) is 23.9. The predicted molar refractivity (Wildman–Crippen MR) is 247 cm³/mol. The lowest BCUT2D eigenvalue weighted by Crippen LogP contribution is -2.30. The van der Waals surface area contributed by atoms with Gasteiger partial charge in [0.2, 0.25) is 0 Å². The van der Waals surface area contributed by atoms with E-state index in [0.717, 1.165) is 109 Å². The van der Waals surface area contributed by atoms with Crippen LogP contribution >= 0.6 is 0 Å². The third-order valence-electron chi connectivity index (χ3n) is 9.96. The number of carbonyl (C=O) groups is 3. The van der Waals surface area contributed by atoms with Crippen molar-refractivity contribution >= 4 is 17.9 Å². The Morgan fingerprint density at radius 2 is 0.672 bits per heavy atom. The minimum atomic E-state index is -0.791. The molecular weight excluding hydrogens is 721 g/mol. The van der Waals surface area contributed by atoms with Crippen LogP contribution in [-0.2, 0) is 28.6 Å². The molecule has 6 heteroatoms. The van der Waals surface area contributed by atoms with Crippen molar-refractivity contribution in [1.82, 2.24) is 0 Å². The van der Waals surface area contributed by atoms with Gasteiger partial charge in [0.05, 0.1) is 0 Å². The molecule has 0 aromatic heterocycles. The molecule has 0 aliphatic heterocycles. The normalized spacial score (nSPS) is 12.7. The zero-order valence-corrected chi connectivity index (χ0v) is 37.8. The number of ether oxygens (including phenoxy) is 3. The number of carbonyl (C=O) groups excluding carboxylic acids is 3. The molecule has 0 aliphatic rings. The fourth-order valence-corrected chi connectivity index (χ4v) is 6.41. The van der Waals surface area contributed by atoms with Crippen molar-refractivity contribution in [2.45, 2.75) is 226 Å². The van der Waals surface area contributed by atoms with Crippen LogP contribution in [0.1, 0.15) is 220 Å². The van der Waals surface area contributed by atoms with Crippen LogP contribution in [0.2, 0.25) is 0 Å². The highest BCUT2D eigenvalue weighted by molar-refractivity contribution is 5.71. The largest absolute Gasteiger partial charge is 0.462 e. The van der Waals surface area contributed by atoms with Gasteiger partial charge in [0.25, 0.3) is 0 Å². The van der Waals surface area contributed by atoms with Crippen LogP contribution in [0.4, 0.5) is 0 Å². The molecule has 0 heterocycles. The molecule has 0 saturated carbocycles. The Kier molecular flexibility index (Phi) is 44.0. The summed E-state index contributed by atoms with van der Waals surface area (Å²) < 4.78 is 16.7. The van der Waals surface area contributed by atoms with E-state index >= 15 is 0 Å². The summed E-state index contributed by atoms with van der Waals surface area (Å²) in [7, 11) is 0. The van der Waals surface area contributed by atoms with Gasteiger partial charge in [0.1, 0.15) is 13.2 Å². The molecule has 332 valence electrons. The second kappa shape index (κ2) is 46.5. The molecule has 0 rings (SSSR count). The summed E-state index contributed by atoms with van der Waals surface area (Å²) in [6.07, 6.45) is 57.4. The van der Waals surface area contributed by atoms with Crippen LogP contribution in [0, 0.1) is 0 Å². The molecule has 0 bridgehead atoms. The topological polar surface area (TPSA) is 78.9 Å². The molecule has 0 fully saturated rings. The summed E-state index contributed by atoms with van der Waals surface area (Å²) in [6, 6.07) is 0. The van der Waals surface area contributed by atoms with Crippen molar-refractivity contribution in [3.8, 4) is 0 Å². The summed E-state index contributed by atoms with van der Waals surface area (Å²) >= 11 is 0. The highest BCUT2D eigenvalue weighted by Gasteiger charge is 2.19. The summed E-state index contributed by atoms with van der Waals surface area (Å²) in [5.74, 6) is -0.934. The van der Waals surface area contributed by atoms with Crippen molar-refractivity contribution in [3.63, 3.8) is 0 Å². The number of esters is 3. The van der Waals surface area contributed by atoms with Gasteiger partial charge in [-0.05, 0) is 83.5 Å². The molecule has 0 aliphatic carbocycles. The number of hydrogen-bond acceptors (Lipinski definition) is 6. The highest BCUT2D eigenvalue weighted by atomic mass is 16.6. The number of allylic oxidation sites excluding steroid dienone is 12. The van der Waals surface area contributed by atoms with Crippen molar-refractivity contribution < 1.29 is 28.6 Å². The van der Waals surface area contributed by atoms with Crippen LogP contribution < -0.4 is 0 Å². The predicted octanol–water partition coefficient (Wildman–Crippen LogP) is 15.5. The van der Waals surface area contributed by atoms with Crippen molar-refractivity contribution in [2.24, 2.45) is 0 Å². The molecule has 0 N–H and O–H groups in total. The zero-order chi connectivity index (χ0) is 42.3. The minimum Gasteiger partial charge on any atom is -0.462 e. The first-order chi connectivity index (χ1) is 28.5. The van der Waals surface area contributed by atoms with E-state index in [-0.39, 0.29) is 31.1 Å². The van der Waals surface area contributed by atoms with Gasteiger partial charge in [-0.1, -0.05) is 190 Å². The number of unbranched alkanes of at least 4 members (excludes halogenated alkanes) is 19. The van der Waals surface area contributed by atoms with E-state index in [1.54, 1.807) is 0 Å². The van der Waals surface area contributed by atoms with E-state index in [1.807, 2.05) is 0 Å². The molecule has 0 aromatic carbocycles. The minimum absolute atomic E-state index is 0.0898. The van der Waals surface area contributed by atoms with Crippen LogP contribution in [0.25, 0.3) is 0 Å². The van der Waals surface area contributed by atoms with Crippen molar-refractivity contribution in [2.75, 3.05) is 13.2 Å². The summed E-state index contributed by atoms with van der Waals surface area (Å²) in [5, 5.41) is 0. The maximum atomic E-state index is 12.7. The Hall–Kier alpha value is -3.15. The summed E-state index contributed by atoms with van der Waals surface area (Å²) in [5.41, 5.74) is 0. The van der Waals surface area contributed by atoms with Gasteiger partial charge < -0.3 is 14.2 Å². The van der Waals surface area contributed by atoms with E-state index in [0.29, 0.717) is 19.3 Å². The summed E-state index contributed by atoms with van der Waals surface area (Å²) in [4.78, 5) is 37.8. The molecule has 0 saturated heterocycles. The van der Waals surface area contributed by atoms with Crippen molar-refractivity contribution in [1.29, 1.82) is 0 Å². The third-order valence-corrected chi connectivity index (χ3v) is 9.96. The standard InChI is InChI=1S/C52H88O6/c1-4-7-10-13-16-19-22-24-25-26-27-29-30-33-36-39-42-45-51(54)57-48-49(47-56-50(53)44-41-38-35-32-21-18-15-12-9-6-3)58-52(55)46-43-40-37-34-31-28-23-20-17-14-11-8-5-2/h7-8,10-11,16-17,19-20,24-25,28,31,49H,4-6,9,12-15,18,21-23,26-27,29-30,32-48H2,1-3H3/b10-7-,11-8-,19-16-,20-17-,25-24-,31-28-. The van der Waals surface area contributed by atoms with Gasteiger partial charge in [-0.15, -0.1) is 0 Å². The molecule has 6 nitrogen and oxygen atoms in total. The maximum absolute atomic E-state index is 12.7. The number of rotatable bonds is 42. The third kappa shape index (κ3) is 44.0. The molecule has 0 aromatic rings. The average Bonchev–Trinajstić information content (AvgIpc) is 3.22. The monoisotopic (exact) mass is 809 g/mol. The van der Waals surface area contributed by atoms with E-state index in [4.69, 9.17) is 14.2 Å². The van der Waals surface area contributed by atoms with Crippen LogP contribution in [0.3, 0.4) is 0 Å². The Morgan fingerprint density at radius 1 is 0.362 bits per heavy atom. The van der Waals surface area contributed by atoms with Gasteiger partial charge in [-0.2, -0.15) is 0 Å². The lowest BCUT2D eigenvalue weighted by Gasteiger charge is -2.18. The molecule has 0 amide bonds. The summed E-state index contributed by atoms with van der Waals surface area (Å²) in [6.45, 7) is 6.36. The molecule has 0 spiro atoms. The Balaban J connectivity index is 4.40. The Morgan fingerprint density at radius 3 is 1.07 bits per heavy atom. The molecular formula is C52H88O6. The Bertz CT molecular complexity index is 1110. The van der Waals surface area contributed by atoms with Crippen LogP contribution in [-0.4, -0.2) is 37.2 Å². The lowest BCUT2D eigenvalue weighted by atomic mass is 10.1. The quantitative estimate of drug-likeness (QED) is 0.0264. The van der Waals surface area contributed by atoms with Crippen LogP contribution in [0.15, 0.2) is 72.9 Å². The van der Waals surface area contributed by atoms with Gasteiger partial charge in [0, 0.05) is 19.3 Å². The first-order valence-electron chi connectivity index (χ1n) is 23.9. The van der Waals surface area contributed by atoms with E-state index < -0.39 is 6.10 Å². The zero-order valence-electron chi connectivity index (χ0n) is 37.8. The van der Waals surface area contributed by atoms with Gasteiger partial charge in [-0.25, -0.2) is 0 Å². The highest BCUT2D eigenvalue weighted by Crippen LogP contribution is 2.14. The Labute approximate surface area is 357 Å². The van der Waals surface area contributed by atoms with E-state index in [9.17, 15) is 14.4 Å². The van der Waals surface area contributed by atoms with E-state index in [2.05, 4.69) is 93.7 Å². The van der Waals surface area contributed by atoms with E-state index in [1.165, 1.54) is 70.6 Å². The molecule has 0 radical (unpaired) electrons. The van der Waals surface area contributed by atoms with Gasteiger partial charge >= 0.3 is 17.9 Å².